The number of hydrogen-bond donors (Lipinski definition) is 0. The molecule has 1 saturated carbocycles. The van der Waals surface area contributed by atoms with E-state index in [9.17, 15) is 9.18 Å². The topological polar surface area (TPSA) is 17.1 Å². The number of rotatable bonds is 3. The molecule has 76 valence electrons. The van der Waals surface area contributed by atoms with Crippen LogP contribution in [0.2, 0.25) is 0 Å². The monoisotopic (exact) mass is 186 g/mol. The molecule has 0 aromatic heterocycles. The van der Waals surface area contributed by atoms with E-state index in [0.29, 0.717) is 12.3 Å². The minimum atomic E-state index is -1.22. The Morgan fingerprint density at radius 3 is 2.54 bits per heavy atom. The molecule has 0 radical (unpaired) electrons. The maximum atomic E-state index is 13.4. The van der Waals surface area contributed by atoms with E-state index in [1.54, 1.807) is 13.8 Å². The zero-order valence-electron chi connectivity index (χ0n) is 8.77. The summed E-state index contributed by atoms with van der Waals surface area (Å²) in [5, 5.41) is 0. The van der Waals surface area contributed by atoms with Crippen LogP contribution in [0.15, 0.2) is 0 Å². The summed E-state index contributed by atoms with van der Waals surface area (Å²) in [7, 11) is 0. The lowest BCUT2D eigenvalue weighted by atomic mass is 9.78. The largest absolute Gasteiger partial charge is 0.303 e. The number of carbonyl (C=O) groups is 1. The van der Waals surface area contributed by atoms with Crippen molar-refractivity contribution in [2.24, 2.45) is 11.3 Å². The number of hydrogen-bond acceptors (Lipinski definition) is 1. The standard InChI is InChI=1S/C11H19FO/c1-9-4-5-11(6-9,8-13)7-10(2,3)12/h8-9H,4-7H2,1-3H3. The van der Waals surface area contributed by atoms with Crippen molar-refractivity contribution in [1.82, 2.24) is 0 Å². The van der Waals surface area contributed by atoms with Crippen LogP contribution < -0.4 is 0 Å². The Morgan fingerprint density at radius 1 is 1.62 bits per heavy atom. The molecule has 0 saturated heterocycles. The van der Waals surface area contributed by atoms with Gasteiger partial charge >= 0.3 is 0 Å². The molecule has 1 rings (SSSR count). The molecular weight excluding hydrogens is 167 g/mol. The van der Waals surface area contributed by atoms with Crippen molar-refractivity contribution >= 4 is 6.29 Å². The lowest BCUT2D eigenvalue weighted by Gasteiger charge is -2.28. The van der Waals surface area contributed by atoms with Gasteiger partial charge in [-0.3, -0.25) is 0 Å². The second kappa shape index (κ2) is 3.39. The fourth-order valence-corrected chi connectivity index (χ4v) is 2.58. The summed E-state index contributed by atoms with van der Waals surface area (Å²) < 4.78 is 13.4. The lowest BCUT2D eigenvalue weighted by molar-refractivity contribution is -0.118. The van der Waals surface area contributed by atoms with Crippen LogP contribution in [0.4, 0.5) is 4.39 Å². The minimum Gasteiger partial charge on any atom is -0.303 e. The highest BCUT2D eigenvalue weighted by Gasteiger charge is 2.41. The SMILES string of the molecule is CC1CCC(C=O)(CC(C)(C)F)C1. The molecule has 0 aliphatic heterocycles. The van der Waals surface area contributed by atoms with E-state index < -0.39 is 5.67 Å². The zero-order valence-corrected chi connectivity index (χ0v) is 8.77. The molecule has 0 N–H and O–H groups in total. The molecule has 13 heavy (non-hydrogen) atoms. The van der Waals surface area contributed by atoms with Crippen molar-refractivity contribution in [3.05, 3.63) is 0 Å². The quantitative estimate of drug-likeness (QED) is 0.619. The van der Waals surface area contributed by atoms with Gasteiger partial charge in [-0.25, -0.2) is 4.39 Å². The molecule has 0 bridgehead atoms. The summed E-state index contributed by atoms with van der Waals surface area (Å²) in [4.78, 5) is 11.0. The molecule has 1 nitrogen and oxygen atoms in total. The third kappa shape index (κ3) is 2.78. The van der Waals surface area contributed by atoms with Crippen molar-refractivity contribution in [2.75, 3.05) is 0 Å². The fraction of sp³-hybridized carbons (Fsp3) is 0.909. The van der Waals surface area contributed by atoms with Crippen LogP contribution in [0, 0.1) is 11.3 Å². The Balaban J connectivity index is 2.66. The first kappa shape index (κ1) is 10.7. The second-order valence-electron chi connectivity index (χ2n) is 5.22. The van der Waals surface area contributed by atoms with Gasteiger partial charge in [0.05, 0.1) is 0 Å². The molecule has 1 fully saturated rings. The van der Waals surface area contributed by atoms with Crippen molar-refractivity contribution in [3.8, 4) is 0 Å². The molecule has 0 spiro atoms. The summed E-state index contributed by atoms with van der Waals surface area (Å²) in [6, 6.07) is 0. The number of aldehydes is 1. The predicted octanol–water partition coefficient (Wildman–Crippen LogP) is 3.13. The molecule has 1 aliphatic carbocycles. The Kier molecular flexibility index (Phi) is 2.79. The number of halogens is 1. The van der Waals surface area contributed by atoms with Gasteiger partial charge in [0.25, 0.3) is 0 Å². The first-order chi connectivity index (χ1) is 5.87. The van der Waals surface area contributed by atoms with E-state index >= 15 is 0 Å². The summed E-state index contributed by atoms with van der Waals surface area (Å²) in [5.74, 6) is 0.576. The summed E-state index contributed by atoms with van der Waals surface area (Å²) >= 11 is 0. The van der Waals surface area contributed by atoms with Crippen molar-refractivity contribution < 1.29 is 9.18 Å². The van der Waals surface area contributed by atoms with Gasteiger partial charge in [0.1, 0.15) is 12.0 Å². The molecule has 0 heterocycles. The van der Waals surface area contributed by atoms with E-state index in [1.165, 1.54) is 0 Å². The number of alkyl halides is 1. The summed E-state index contributed by atoms with van der Waals surface area (Å²) in [6.45, 7) is 5.25. The van der Waals surface area contributed by atoms with Crippen LogP contribution >= 0.6 is 0 Å². The van der Waals surface area contributed by atoms with Crippen molar-refractivity contribution in [1.29, 1.82) is 0 Å². The van der Waals surface area contributed by atoms with Gasteiger partial charge in [-0.15, -0.1) is 0 Å². The average molecular weight is 186 g/mol. The third-order valence-electron chi connectivity index (χ3n) is 2.91. The van der Waals surface area contributed by atoms with Crippen molar-refractivity contribution in [2.45, 2.75) is 52.1 Å². The van der Waals surface area contributed by atoms with Crippen LogP contribution in [-0.2, 0) is 4.79 Å². The van der Waals surface area contributed by atoms with Crippen LogP contribution in [0.3, 0.4) is 0 Å². The van der Waals surface area contributed by atoms with E-state index in [-0.39, 0.29) is 5.41 Å². The summed E-state index contributed by atoms with van der Waals surface area (Å²) in [5.41, 5.74) is -1.58. The smallest absolute Gasteiger partial charge is 0.126 e. The third-order valence-corrected chi connectivity index (χ3v) is 2.91. The van der Waals surface area contributed by atoms with Gasteiger partial charge in [0, 0.05) is 5.41 Å². The van der Waals surface area contributed by atoms with Gasteiger partial charge in [-0.05, 0) is 45.4 Å². The first-order valence-electron chi connectivity index (χ1n) is 5.02. The molecule has 2 unspecified atom stereocenters. The highest BCUT2D eigenvalue weighted by atomic mass is 19.1. The minimum absolute atomic E-state index is 0.363. The molecular formula is C11H19FO. The fourth-order valence-electron chi connectivity index (χ4n) is 2.58. The highest BCUT2D eigenvalue weighted by molar-refractivity contribution is 5.60. The van der Waals surface area contributed by atoms with E-state index in [2.05, 4.69) is 6.92 Å². The predicted molar refractivity (Wildman–Crippen MR) is 51.3 cm³/mol. The number of carbonyl (C=O) groups excluding carboxylic acids is 1. The van der Waals surface area contributed by atoms with Crippen molar-refractivity contribution in [3.63, 3.8) is 0 Å². The maximum absolute atomic E-state index is 13.4. The highest BCUT2D eigenvalue weighted by Crippen LogP contribution is 2.45. The maximum Gasteiger partial charge on any atom is 0.126 e. The lowest BCUT2D eigenvalue weighted by Crippen LogP contribution is -2.28. The Bertz CT molecular complexity index is 195. The van der Waals surface area contributed by atoms with Gasteiger partial charge in [-0.1, -0.05) is 6.92 Å². The average Bonchev–Trinajstić information content (AvgIpc) is 2.29. The first-order valence-corrected chi connectivity index (χ1v) is 5.02. The van der Waals surface area contributed by atoms with Gasteiger partial charge < -0.3 is 4.79 Å². The van der Waals surface area contributed by atoms with Gasteiger partial charge in [0.15, 0.2) is 0 Å². The van der Waals surface area contributed by atoms with E-state index in [1.807, 2.05) is 0 Å². The molecule has 0 amide bonds. The van der Waals surface area contributed by atoms with E-state index in [4.69, 9.17) is 0 Å². The molecule has 0 aromatic carbocycles. The van der Waals surface area contributed by atoms with E-state index in [0.717, 1.165) is 25.5 Å². The molecule has 0 aromatic rings. The molecule has 2 atom stereocenters. The van der Waals surface area contributed by atoms with Gasteiger partial charge in [0.2, 0.25) is 0 Å². The second-order valence-corrected chi connectivity index (χ2v) is 5.22. The van der Waals surface area contributed by atoms with Crippen LogP contribution in [0.25, 0.3) is 0 Å². The van der Waals surface area contributed by atoms with Crippen LogP contribution in [0.1, 0.15) is 46.5 Å². The van der Waals surface area contributed by atoms with Gasteiger partial charge in [-0.2, -0.15) is 0 Å². The Labute approximate surface area is 79.7 Å². The Hall–Kier alpha value is -0.400. The Morgan fingerprint density at radius 2 is 2.23 bits per heavy atom. The summed E-state index contributed by atoms with van der Waals surface area (Å²) in [6.07, 6.45) is 4.16. The zero-order chi connectivity index (χ0) is 10.1. The normalized spacial score (nSPS) is 34.9. The molecule has 1 aliphatic rings. The van der Waals surface area contributed by atoms with Crippen LogP contribution in [-0.4, -0.2) is 12.0 Å². The molecule has 2 heteroatoms. The van der Waals surface area contributed by atoms with Crippen LogP contribution in [0.5, 0.6) is 0 Å².